The van der Waals surface area contributed by atoms with E-state index in [1.165, 1.54) is 7.11 Å². The van der Waals surface area contributed by atoms with Crippen LogP contribution < -0.4 is 16.8 Å². The van der Waals surface area contributed by atoms with Gasteiger partial charge in [-0.1, -0.05) is 6.42 Å². The third kappa shape index (κ3) is 6.87. The third-order valence-corrected chi connectivity index (χ3v) is 1.94. The van der Waals surface area contributed by atoms with Gasteiger partial charge in [0.15, 0.2) is 0 Å². The van der Waals surface area contributed by atoms with Gasteiger partial charge in [0.25, 0.3) is 0 Å². The Morgan fingerprint density at radius 1 is 1.40 bits per heavy atom. The highest BCUT2D eigenvalue weighted by atomic mass is 16.5. The number of rotatable bonds is 7. The van der Waals surface area contributed by atoms with E-state index in [-0.39, 0.29) is 12.5 Å². The highest BCUT2D eigenvalue weighted by Crippen LogP contribution is 1.97. The van der Waals surface area contributed by atoms with Gasteiger partial charge in [0, 0.05) is 0 Å². The Bertz CT molecular complexity index is 209. The second-order valence-electron chi connectivity index (χ2n) is 3.18. The first kappa shape index (κ1) is 13.9. The lowest BCUT2D eigenvalue weighted by Gasteiger charge is -2.10. The number of hydrogen-bond acceptors (Lipinski definition) is 5. The van der Waals surface area contributed by atoms with Crippen molar-refractivity contribution in [2.24, 2.45) is 11.5 Å². The summed E-state index contributed by atoms with van der Waals surface area (Å²) in [5.41, 5.74) is 10.9. The Labute approximate surface area is 89.3 Å². The molecule has 6 nitrogen and oxygen atoms in total. The highest BCUT2D eigenvalue weighted by Gasteiger charge is 2.13. The Kier molecular flexibility index (Phi) is 7.57. The predicted octanol–water partition coefficient (Wildman–Crippen LogP) is -1.27. The van der Waals surface area contributed by atoms with E-state index in [9.17, 15) is 9.59 Å². The first-order chi connectivity index (χ1) is 7.11. The molecular weight excluding hydrogens is 198 g/mol. The molecule has 1 unspecified atom stereocenters. The average molecular weight is 217 g/mol. The number of hydrogen-bond donors (Lipinski definition) is 3. The third-order valence-electron chi connectivity index (χ3n) is 1.94. The summed E-state index contributed by atoms with van der Waals surface area (Å²) in [5, 5.41) is 2.39. The standard InChI is InChI=1S/C9H19N3O3/c1-15-8(13)6-12-9(14)7(11)4-2-3-5-10/h7H,2-6,10-11H2,1H3,(H,12,14). The smallest absolute Gasteiger partial charge is 0.325 e. The molecule has 15 heavy (non-hydrogen) atoms. The number of amides is 1. The molecule has 1 amide bonds. The SMILES string of the molecule is COC(=O)CNC(=O)C(N)CCCCN. The average Bonchev–Trinajstić information content (AvgIpc) is 2.25. The summed E-state index contributed by atoms with van der Waals surface area (Å²) < 4.78 is 4.37. The zero-order valence-corrected chi connectivity index (χ0v) is 8.99. The predicted molar refractivity (Wildman–Crippen MR) is 55.9 cm³/mol. The molecule has 1 atom stereocenters. The van der Waals surface area contributed by atoms with Crippen molar-refractivity contribution >= 4 is 11.9 Å². The number of carbonyl (C=O) groups is 2. The van der Waals surface area contributed by atoms with Crippen LogP contribution in [0, 0.1) is 0 Å². The van der Waals surface area contributed by atoms with Gasteiger partial charge in [-0.2, -0.15) is 0 Å². The molecule has 88 valence electrons. The Hall–Kier alpha value is -1.14. The molecule has 0 radical (unpaired) electrons. The summed E-state index contributed by atoms with van der Waals surface area (Å²) in [5.74, 6) is -0.824. The van der Waals surface area contributed by atoms with E-state index in [4.69, 9.17) is 11.5 Å². The van der Waals surface area contributed by atoms with Crippen molar-refractivity contribution in [3.05, 3.63) is 0 Å². The fraction of sp³-hybridized carbons (Fsp3) is 0.778. The van der Waals surface area contributed by atoms with Crippen LogP contribution in [0.25, 0.3) is 0 Å². The van der Waals surface area contributed by atoms with Gasteiger partial charge in [0.1, 0.15) is 6.54 Å². The first-order valence-corrected chi connectivity index (χ1v) is 4.92. The largest absolute Gasteiger partial charge is 0.468 e. The molecule has 0 rings (SSSR count). The summed E-state index contributed by atoms with van der Waals surface area (Å²) in [4.78, 5) is 22.0. The van der Waals surface area contributed by atoms with Crippen molar-refractivity contribution < 1.29 is 14.3 Å². The van der Waals surface area contributed by atoms with Crippen LogP contribution >= 0.6 is 0 Å². The molecule has 0 aliphatic carbocycles. The number of nitrogens with one attached hydrogen (secondary N) is 1. The Morgan fingerprint density at radius 2 is 2.07 bits per heavy atom. The van der Waals surface area contributed by atoms with Crippen LogP contribution in [-0.4, -0.2) is 38.1 Å². The second-order valence-corrected chi connectivity index (χ2v) is 3.18. The van der Waals surface area contributed by atoms with E-state index >= 15 is 0 Å². The van der Waals surface area contributed by atoms with Crippen LogP contribution in [0.3, 0.4) is 0 Å². The van der Waals surface area contributed by atoms with Crippen molar-refractivity contribution in [3.8, 4) is 0 Å². The lowest BCUT2D eigenvalue weighted by molar-refractivity contribution is -0.141. The van der Waals surface area contributed by atoms with E-state index in [0.29, 0.717) is 13.0 Å². The fourth-order valence-electron chi connectivity index (χ4n) is 1.00. The molecule has 0 aromatic carbocycles. The van der Waals surface area contributed by atoms with E-state index in [0.717, 1.165) is 12.8 Å². The number of ether oxygens (including phenoxy) is 1. The molecule has 0 fully saturated rings. The van der Waals surface area contributed by atoms with E-state index in [1.54, 1.807) is 0 Å². The Morgan fingerprint density at radius 3 is 2.60 bits per heavy atom. The molecule has 0 aliphatic rings. The minimum absolute atomic E-state index is 0.139. The number of methoxy groups -OCH3 is 1. The van der Waals surface area contributed by atoms with E-state index in [1.807, 2.05) is 0 Å². The van der Waals surface area contributed by atoms with Crippen molar-refractivity contribution in [3.63, 3.8) is 0 Å². The van der Waals surface area contributed by atoms with Gasteiger partial charge >= 0.3 is 5.97 Å². The van der Waals surface area contributed by atoms with Crippen LogP contribution in [0.4, 0.5) is 0 Å². The molecular formula is C9H19N3O3. The van der Waals surface area contributed by atoms with Crippen LogP contribution in [0.2, 0.25) is 0 Å². The molecule has 6 heteroatoms. The minimum atomic E-state index is -0.582. The molecule has 0 aromatic heterocycles. The zero-order valence-electron chi connectivity index (χ0n) is 8.99. The van der Waals surface area contributed by atoms with E-state index < -0.39 is 12.0 Å². The summed E-state index contributed by atoms with van der Waals surface area (Å²) >= 11 is 0. The summed E-state index contributed by atoms with van der Waals surface area (Å²) in [7, 11) is 1.26. The summed E-state index contributed by atoms with van der Waals surface area (Å²) in [6, 6.07) is -0.582. The molecule has 0 spiro atoms. The zero-order chi connectivity index (χ0) is 11.7. The molecule has 0 saturated heterocycles. The van der Waals surface area contributed by atoms with Gasteiger partial charge < -0.3 is 21.5 Å². The summed E-state index contributed by atoms with van der Waals surface area (Å²) in [6.07, 6.45) is 2.23. The topological polar surface area (TPSA) is 107 Å². The van der Waals surface area contributed by atoms with Gasteiger partial charge in [-0.3, -0.25) is 9.59 Å². The molecule has 0 saturated carbocycles. The van der Waals surface area contributed by atoms with Crippen molar-refractivity contribution in [1.29, 1.82) is 0 Å². The van der Waals surface area contributed by atoms with Crippen LogP contribution in [0.5, 0.6) is 0 Å². The van der Waals surface area contributed by atoms with Gasteiger partial charge in [0.05, 0.1) is 13.2 Å². The molecule has 0 aromatic rings. The first-order valence-electron chi connectivity index (χ1n) is 4.92. The molecule has 5 N–H and O–H groups in total. The maximum Gasteiger partial charge on any atom is 0.325 e. The Balaban J connectivity index is 3.64. The maximum absolute atomic E-state index is 11.3. The molecule has 0 aliphatic heterocycles. The highest BCUT2D eigenvalue weighted by molar-refractivity contribution is 5.85. The minimum Gasteiger partial charge on any atom is -0.468 e. The maximum atomic E-state index is 11.3. The van der Waals surface area contributed by atoms with Crippen molar-refractivity contribution in [2.45, 2.75) is 25.3 Å². The number of nitrogens with two attached hydrogens (primary N) is 2. The van der Waals surface area contributed by atoms with Gasteiger partial charge in [-0.25, -0.2) is 0 Å². The van der Waals surface area contributed by atoms with Gasteiger partial charge in [-0.05, 0) is 19.4 Å². The summed E-state index contributed by atoms with van der Waals surface area (Å²) in [6.45, 7) is 0.455. The van der Waals surface area contributed by atoms with Crippen molar-refractivity contribution in [2.75, 3.05) is 20.2 Å². The van der Waals surface area contributed by atoms with Gasteiger partial charge in [0.2, 0.25) is 5.91 Å². The fourth-order valence-corrected chi connectivity index (χ4v) is 1.00. The normalized spacial score (nSPS) is 11.9. The number of esters is 1. The molecule has 0 heterocycles. The second kappa shape index (κ2) is 8.19. The lowest BCUT2D eigenvalue weighted by Crippen LogP contribution is -2.42. The molecule has 0 bridgehead atoms. The number of carbonyl (C=O) groups excluding carboxylic acids is 2. The number of unbranched alkanes of at least 4 members (excludes halogenated alkanes) is 1. The van der Waals surface area contributed by atoms with Crippen LogP contribution in [-0.2, 0) is 14.3 Å². The lowest BCUT2D eigenvalue weighted by atomic mass is 10.1. The van der Waals surface area contributed by atoms with Gasteiger partial charge in [-0.15, -0.1) is 0 Å². The van der Waals surface area contributed by atoms with E-state index in [2.05, 4.69) is 10.1 Å². The van der Waals surface area contributed by atoms with Crippen molar-refractivity contribution in [1.82, 2.24) is 5.32 Å². The monoisotopic (exact) mass is 217 g/mol. The van der Waals surface area contributed by atoms with Crippen LogP contribution in [0.1, 0.15) is 19.3 Å². The quantitative estimate of drug-likeness (QED) is 0.364. The van der Waals surface area contributed by atoms with Crippen LogP contribution in [0.15, 0.2) is 0 Å².